The summed E-state index contributed by atoms with van der Waals surface area (Å²) in [5, 5.41) is 8.81. The third-order valence-corrected chi connectivity index (χ3v) is 2.80. The molecule has 0 aliphatic carbocycles. The molecule has 0 aliphatic rings. The van der Waals surface area contributed by atoms with Crippen molar-refractivity contribution < 1.29 is 4.79 Å². The van der Waals surface area contributed by atoms with Crippen LogP contribution in [0.1, 0.15) is 43.0 Å². The molecular weight excluding hydrogens is 256 g/mol. The van der Waals surface area contributed by atoms with E-state index in [2.05, 4.69) is 21.5 Å². The van der Waals surface area contributed by atoms with E-state index < -0.39 is 0 Å². The molecule has 0 saturated heterocycles. The van der Waals surface area contributed by atoms with E-state index in [-0.39, 0.29) is 23.4 Å². The number of hydrazine groups is 1. The zero-order chi connectivity index (χ0) is 15.3. The van der Waals surface area contributed by atoms with E-state index in [1.165, 1.54) is 11.1 Å². The molecule has 7 heteroatoms. The van der Waals surface area contributed by atoms with Gasteiger partial charge in [0, 0.05) is 19.5 Å². The number of rotatable bonds is 5. The van der Waals surface area contributed by atoms with E-state index >= 15 is 0 Å². The molecule has 0 bridgehead atoms. The fraction of sp³-hybridized carbons (Fsp3) is 0.538. The first-order valence-electron chi connectivity index (χ1n) is 6.39. The Hall–Kier alpha value is -2.20. The number of nitrogen functional groups attached to an aromatic ring is 1. The lowest BCUT2D eigenvalue weighted by Gasteiger charge is -2.19. The molecule has 1 rings (SSSR count). The standard InChI is InChI=1S/C13H20N6O/c1-8(2)12-16-6-10(18-15)11(17-12)13(20)19(4)7-9(3)5-14/h6,8-9,18H,7,15H2,1-4H3. The lowest BCUT2D eigenvalue weighted by Crippen LogP contribution is -2.32. The van der Waals surface area contributed by atoms with Crippen molar-refractivity contribution in [3.8, 4) is 6.07 Å². The largest absolute Gasteiger partial charge is 0.339 e. The van der Waals surface area contributed by atoms with Crippen LogP contribution in [0.2, 0.25) is 0 Å². The van der Waals surface area contributed by atoms with E-state index in [0.29, 0.717) is 18.1 Å². The number of nitrogens with one attached hydrogen (secondary N) is 1. The number of aromatic nitrogens is 2. The molecule has 1 aromatic heterocycles. The Morgan fingerprint density at radius 1 is 1.55 bits per heavy atom. The van der Waals surface area contributed by atoms with Crippen LogP contribution in [0.25, 0.3) is 0 Å². The topological polar surface area (TPSA) is 108 Å². The van der Waals surface area contributed by atoms with Gasteiger partial charge >= 0.3 is 0 Å². The second-order valence-electron chi connectivity index (χ2n) is 5.01. The number of carbonyl (C=O) groups is 1. The summed E-state index contributed by atoms with van der Waals surface area (Å²) in [6, 6.07) is 2.09. The molecule has 20 heavy (non-hydrogen) atoms. The van der Waals surface area contributed by atoms with E-state index in [1.807, 2.05) is 13.8 Å². The average Bonchev–Trinajstić information content (AvgIpc) is 2.45. The Labute approximate surface area is 118 Å². The summed E-state index contributed by atoms with van der Waals surface area (Å²) in [4.78, 5) is 22.3. The Bertz CT molecular complexity index is 522. The molecule has 108 valence electrons. The predicted molar refractivity (Wildman–Crippen MR) is 75.7 cm³/mol. The number of carbonyl (C=O) groups excluding carboxylic acids is 1. The normalized spacial score (nSPS) is 11.8. The fourth-order valence-corrected chi connectivity index (χ4v) is 1.66. The minimum Gasteiger partial charge on any atom is -0.339 e. The van der Waals surface area contributed by atoms with Crippen LogP contribution in [0, 0.1) is 17.2 Å². The molecule has 0 fully saturated rings. The molecule has 0 spiro atoms. The Kier molecular flexibility index (Phi) is 5.41. The molecule has 1 unspecified atom stereocenters. The van der Waals surface area contributed by atoms with Gasteiger partial charge in [0.1, 0.15) is 5.82 Å². The van der Waals surface area contributed by atoms with Gasteiger partial charge in [-0.25, -0.2) is 9.97 Å². The molecule has 0 aliphatic heterocycles. The van der Waals surface area contributed by atoms with E-state index in [9.17, 15) is 4.79 Å². The van der Waals surface area contributed by atoms with Crippen molar-refractivity contribution in [3.63, 3.8) is 0 Å². The maximum absolute atomic E-state index is 12.4. The number of nitrogens with two attached hydrogens (primary N) is 1. The first-order chi connectivity index (χ1) is 9.40. The molecule has 7 nitrogen and oxygen atoms in total. The third-order valence-electron chi connectivity index (χ3n) is 2.80. The molecule has 1 amide bonds. The number of anilines is 1. The van der Waals surface area contributed by atoms with Crippen LogP contribution in [-0.2, 0) is 0 Å². The van der Waals surface area contributed by atoms with Crippen LogP contribution in [-0.4, -0.2) is 34.4 Å². The number of hydrogen-bond donors (Lipinski definition) is 2. The highest BCUT2D eigenvalue weighted by molar-refractivity contribution is 5.97. The Balaban J connectivity index is 3.07. The zero-order valence-electron chi connectivity index (χ0n) is 12.2. The maximum atomic E-state index is 12.4. The molecule has 1 aromatic rings. The van der Waals surface area contributed by atoms with Gasteiger partial charge in [0.15, 0.2) is 5.69 Å². The van der Waals surface area contributed by atoms with Gasteiger partial charge in [-0.15, -0.1) is 0 Å². The van der Waals surface area contributed by atoms with E-state index in [4.69, 9.17) is 11.1 Å². The van der Waals surface area contributed by atoms with Crippen molar-refractivity contribution in [2.24, 2.45) is 11.8 Å². The minimum atomic E-state index is -0.288. The first kappa shape index (κ1) is 15.9. The zero-order valence-corrected chi connectivity index (χ0v) is 12.2. The second kappa shape index (κ2) is 6.82. The van der Waals surface area contributed by atoms with Crippen LogP contribution in [0.3, 0.4) is 0 Å². The average molecular weight is 276 g/mol. The van der Waals surface area contributed by atoms with Gasteiger partial charge in [-0.05, 0) is 6.92 Å². The minimum absolute atomic E-state index is 0.108. The lowest BCUT2D eigenvalue weighted by molar-refractivity contribution is 0.0779. The molecular formula is C13H20N6O. The summed E-state index contributed by atoms with van der Waals surface area (Å²) in [6.45, 7) is 5.98. The molecule has 1 atom stereocenters. The van der Waals surface area contributed by atoms with Crippen molar-refractivity contribution in [1.82, 2.24) is 14.9 Å². The smallest absolute Gasteiger partial charge is 0.274 e. The maximum Gasteiger partial charge on any atom is 0.274 e. The molecule has 3 N–H and O–H groups in total. The van der Waals surface area contributed by atoms with Crippen molar-refractivity contribution in [3.05, 3.63) is 17.7 Å². The number of nitrogens with zero attached hydrogens (tertiary/aromatic N) is 4. The van der Waals surface area contributed by atoms with Crippen LogP contribution in [0.15, 0.2) is 6.20 Å². The third kappa shape index (κ3) is 3.65. The highest BCUT2D eigenvalue weighted by Gasteiger charge is 2.20. The van der Waals surface area contributed by atoms with Gasteiger partial charge in [0.05, 0.1) is 23.9 Å². The van der Waals surface area contributed by atoms with Gasteiger partial charge in [-0.1, -0.05) is 13.8 Å². The predicted octanol–water partition coefficient (Wildman–Crippen LogP) is 1.12. The first-order valence-corrected chi connectivity index (χ1v) is 6.39. The number of amides is 1. The molecule has 0 radical (unpaired) electrons. The molecule has 1 heterocycles. The van der Waals surface area contributed by atoms with Gasteiger partial charge in [0.25, 0.3) is 5.91 Å². The van der Waals surface area contributed by atoms with Gasteiger partial charge in [-0.3, -0.25) is 10.6 Å². The van der Waals surface area contributed by atoms with Crippen molar-refractivity contribution in [2.75, 3.05) is 19.0 Å². The fourth-order valence-electron chi connectivity index (χ4n) is 1.66. The summed E-state index contributed by atoms with van der Waals surface area (Å²) in [5.41, 5.74) is 3.02. The summed E-state index contributed by atoms with van der Waals surface area (Å²) in [5.74, 6) is 5.54. The SMILES string of the molecule is CC(C#N)CN(C)C(=O)c1nc(C(C)C)ncc1NN. The summed E-state index contributed by atoms with van der Waals surface area (Å²) >= 11 is 0. The number of hydrogen-bond acceptors (Lipinski definition) is 6. The summed E-state index contributed by atoms with van der Waals surface area (Å²) in [7, 11) is 1.63. The quantitative estimate of drug-likeness (QED) is 0.616. The highest BCUT2D eigenvalue weighted by atomic mass is 16.2. The Morgan fingerprint density at radius 3 is 2.70 bits per heavy atom. The van der Waals surface area contributed by atoms with Gasteiger partial charge in [-0.2, -0.15) is 5.26 Å². The Morgan fingerprint density at radius 2 is 2.20 bits per heavy atom. The summed E-state index contributed by atoms with van der Waals surface area (Å²) in [6.07, 6.45) is 1.50. The van der Waals surface area contributed by atoms with E-state index in [0.717, 1.165) is 0 Å². The van der Waals surface area contributed by atoms with Crippen molar-refractivity contribution in [1.29, 1.82) is 5.26 Å². The molecule has 0 saturated carbocycles. The number of nitriles is 1. The van der Waals surface area contributed by atoms with Gasteiger partial charge < -0.3 is 10.3 Å². The summed E-state index contributed by atoms with van der Waals surface area (Å²) < 4.78 is 0. The van der Waals surface area contributed by atoms with Crippen LogP contribution < -0.4 is 11.3 Å². The molecule has 0 aromatic carbocycles. The van der Waals surface area contributed by atoms with Crippen LogP contribution in [0.4, 0.5) is 5.69 Å². The highest BCUT2D eigenvalue weighted by Crippen LogP contribution is 2.17. The van der Waals surface area contributed by atoms with Crippen LogP contribution >= 0.6 is 0 Å². The monoisotopic (exact) mass is 276 g/mol. The van der Waals surface area contributed by atoms with Crippen molar-refractivity contribution in [2.45, 2.75) is 26.7 Å². The lowest BCUT2D eigenvalue weighted by atomic mass is 10.1. The van der Waals surface area contributed by atoms with Crippen LogP contribution in [0.5, 0.6) is 0 Å². The van der Waals surface area contributed by atoms with E-state index in [1.54, 1.807) is 14.0 Å². The van der Waals surface area contributed by atoms with Crippen molar-refractivity contribution >= 4 is 11.6 Å². The second-order valence-corrected chi connectivity index (χ2v) is 5.01. The van der Waals surface area contributed by atoms with Gasteiger partial charge in [0.2, 0.25) is 0 Å².